The number of aliphatic hydroxyl groups is 1. The van der Waals surface area contributed by atoms with Crippen LogP contribution in [0.1, 0.15) is 45.6 Å². The molecule has 0 bridgehead atoms. The molecule has 0 radical (unpaired) electrons. The number of benzene rings is 1. The number of aliphatic hydroxyl groups excluding tert-OH is 1. The lowest BCUT2D eigenvalue weighted by molar-refractivity contribution is -0.0125. The van der Waals surface area contributed by atoms with E-state index in [1.807, 2.05) is 18.2 Å². The Kier molecular flexibility index (Phi) is 4.58. The molecule has 0 amide bonds. The summed E-state index contributed by atoms with van der Waals surface area (Å²) in [6, 6.07) is 8.06. The average molecular weight is 281 g/mol. The van der Waals surface area contributed by atoms with Crippen molar-refractivity contribution in [3.63, 3.8) is 0 Å². The van der Waals surface area contributed by atoms with Crippen LogP contribution in [-0.4, -0.2) is 11.2 Å². The Morgan fingerprint density at radius 2 is 1.95 bits per heavy atom. The van der Waals surface area contributed by atoms with Gasteiger partial charge in [-0.2, -0.15) is 0 Å². The first-order chi connectivity index (χ1) is 8.90. The summed E-state index contributed by atoms with van der Waals surface area (Å²) in [5.41, 5.74) is 1.28. The molecule has 1 aromatic rings. The normalized spacial score (nSPS) is 28.4. The highest BCUT2D eigenvalue weighted by Gasteiger charge is 2.38. The molecule has 0 aliphatic heterocycles. The summed E-state index contributed by atoms with van der Waals surface area (Å²) < 4.78 is 0. The SMILES string of the molecule is CC1CCC(C(C)(C)Cc2ccccc2Cl)C(O)C1. The molecule has 3 atom stereocenters. The lowest BCUT2D eigenvalue weighted by atomic mass is 9.65. The zero-order chi connectivity index (χ0) is 14.0. The van der Waals surface area contributed by atoms with Crippen molar-refractivity contribution in [3.05, 3.63) is 34.9 Å². The van der Waals surface area contributed by atoms with E-state index in [-0.39, 0.29) is 11.5 Å². The van der Waals surface area contributed by atoms with Crippen LogP contribution >= 0.6 is 11.6 Å². The van der Waals surface area contributed by atoms with Crippen LogP contribution in [0.3, 0.4) is 0 Å². The first-order valence-corrected chi connectivity index (χ1v) is 7.69. The maximum atomic E-state index is 10.4. The summed E-state index contributed by atoms with van der Waals surface area (Å²) in [5.74, 6) is 1.03. The molecular formula is C17H25ClO. The van der Waals surface area contributed by atoms with E-state index in [0.717, 1.165) is 24.3 Å². The van der Waals surface area contributed by atoms with E-state index in [4.69, 9.17) is 11.6 Å². The molecule has 3 unspecified atom stereocenters. The highest BCUT2D eigenvalue weighted by atomic mass is 35.5. The summed E-state index contributed by atoms with van der Waals surface area (Å²) in [6.45, 7) is 6.76. The topological polar surface area (TPSA) is 20.2 Å². The second-order valence-electron chi connectivity index (χ2n) is 6.85. The Bertz CT molecular complexity index is 427. The van der Waals surface area contributed by atoms with Crippen molar-refractivity contribution in [3.8, 4) is 0 Å². The molecule has 1 aliphatic carbocycles. The summed E-state index contributed by atoms with van der Waals surface area (Å²) in [7, 11) is 0. The maximum Gasteiger partial charge on any atom is 0.0576 e. The van der Waals surface area contributed by atoms with Gasteiger partial charge in [0.1, 0.15) is 0 Å². The third-order valence-electron chi connectivity index (χ3n) is 4.69. The highest BCUT2D eigenvalue weighted by Crippen LogP contribution is 2.42. The molecule has 0 saturated heterocycles. The summed E-state index contributed by atoms with van der Waals surface area (Å²) >= 11 is 6.27. The van der Waals surface area contributed by atoms with Gasteiger partial charge in [0, 0.05) is 5.02 Å². The van der Waals surface area contributed by atoms with E-state index in [2.05, 4.69) is 26.8 Å². The van der Waals surface area contributed by atoms with E-state index in [9.17, 15) is 5.11 Å². The van der Waals surface area contributed by atoms with E-state index in [1.54, 1.807) is 0 Å². The van der Waals surface area contributed by atoms with Crippen LogP contribution < -0.4 is 0 Å². The standard InChI is InChI=1S/C17H25ClO/c1-12-8-9-14(16(19)10-12)17(2,3)11-13-6-4-5-7-15(13)18/h4-7,12,14,16,19H,8-11H2,1-3H3. The van der Waals surface area contributed by atoms with Crippen molar-refractivity contribution in [2.24, 2.45) is 17.3 Å². The molecule has 1 saturated carbocycles. The van der Waals surface area contributed by atoms with Gasteiger partial charge in [-0.25, -0.2) is 0 Å². The van der Waals surface area contributed by atoms with Crippen molar-refractivity contribution in [2.75, 3.05) is 0 Å². The van der Waals surface area contributed by atoms with Crippen LogP contribution in [0.15, 0.2) is 24.3 Å². The minimum absolute atomic E-state index is 0.0878. The minimum Gasteiger partial charge on any atom is -0.393 e. The zero-order valence-electron chi connectivity index (χ0n) is 12.2. The Morgan fingerprint density at radius 1 is 1.26 bits per heavy atom. The van der Waals surface area contributed by atoms with Gasteiger partial charge in [0.2, 0.25) is 0 Å². The average Bonchev–Trinajstić information content (AvgIpc) is 2.31. The molecular weight excluding hydrogens is 256 g/mol. The van der Waals surface area contributed by atoms with Crippen LogP contribution in [0.5, 0.6) is 0 Å². The fourth-order valence-corrected chi connectivity index (χ4v) is 3.73. The van der Waals surface area contributed by atoms with Crippen molar-refractivity contribution in [1.29, 1.82) is 0 Å². The van der Waals surface area contributed by atoms with Gasteiger partial charge >= 0.3 is 0 Å². The van der Waals surface area contributed by atoms with Gasteiger partial charge in [0.25, 0.3) is 0 Å². The Morgan fingerprint density at radius 3 is 2.58 bits per heavy atom. The third kappa shape index (κ3) is 3.52. The highest BCUT2D eigenvalue weighted by molar-refractivity contribution is 6.31. The van der Waals surface area contributed by atoms with Gasteiger partial charge in [-0.1, -0.05) is 57.0 Å². The lowest BCUT2D eigenvalue weighted by Gasteiger charge is -2.42. The molecule has 1 fully saturated rings. The molecule has 19 heavy (non-hydrogen) atoms. The van der Waals surface area contributed by atoms with Crippen molar-refractivity contribution >= 4 is 11.6 Å². The summed E-state index contributed by atoms with van der Waals surface area (Å²) in [4.78, 5) is 0. The van der Waals surface area contributed by atoms with Crippen LogP contribution in [0, 0.1) is 17.3 Å². The van der Waals surface area contributed by atoms with Crippen molar-refractivity contribution < 1.29 is 5.11 Å². The maximum absolute atomic E-state index is 10.4. The van der Waals surface area contributed by atoms with Crippen LogP contribution in [-0.2, 0) is 6.42 Å². The Labute approximate surface area is 122 Å². The van der Waals surface area contributed by atoms with Gasteiger partial charge in [0.15, 0.2) is 0 Å². The molecule has 1 aliphatic rings. The first kappa shape index (κ1) is 14.9. The monoisotopic (exact) mass is 280 g/mol. The van der Waals surface area contributed by atoms with Gasteiger partial charge in [0.05, 0.1) is 6.10 Å². The van der Waals surface area contributed by atoms with Gasteiger partial charge in [-0.05, 0) is 48.1 Å². The van der Waals surface area contributed by atoms with E-state index < -0.39 is 0 Å². The lowest BCUT2D eigenvalue weighted by Crippen LogP contribution is -2.39. The van der Waals surface area contributed by atoms with Crippen LogP contribution in [0.25, 0.3) is 0 Å². The number of rotatable bonds is 3. The first-order valence-electron chi connectivity index (χ1n) is 7.31. The molecule has 1 aromatic carbocycles. The van der Waals surface area contributed by atoms with Crippen molar-refractivity contribution in [1.82, 2.24) is 0 Å². The fraction of sp³-hybridized carbons (Fsp3) is 0.647. The molecule has 0 spiro atoms. The molecule has 0 aromatic heterocycles. The van der Waals surface area contributed by atoms with E-state index in [0.29, 0.717) is 11.8 Å². The van der Waals surface area contributed by atoms with Crippen LogP contribution in [0.4, 0.5) is 0 Å². The second kappa shape index (κ2) is 5.85. The van der Waals surface area contributed by atoms with E-state index >= 15 is 0 Å². The number of hydrogen-bond acceptors (Lipinski definition) is 1. The van der Waals surface area contributed by atoms with E-state index in [1.165, 1.54) is 12.0 Å². The van der Waals surface area contributed by atoms with Gasteiger partial charge in [-0.15, -0.1) is 0 Å². The minimum atomic E-state index is -0.166. The second-order valence-corrected chi connectivity index (χ2v) is 7.26. The smallest absolute Gasteiger partial charge is 0.0576 e. The third-order valence-corrected chi connectivity index (χ3v) is 5.06. The number of hydrogen-bond donors (Lipinski definition) is 1. The summed E-state index contributed by atoms with van der Waals surface area (Å²) in [5, 5.41) is 11.2. The van der Waals surface area contributed by atoms with Crippen LogP contribution in [0.2, 0.25) is 5.02 Å². The largest absolute Gasteiger partial charge is 0.393 e. The Hall–Kier alpha value is -0.530. The van der Waals surface area contributed by atoms with Crippen molar-refractivity contribution in [2.45, 2.75) is 52.6 Å². The fourth-order valence-electron chi connectivity index (χ4n) is 3.53. The molecule has 2 heteroatoms. The predicted octanol–water partition coefficient (Wildman–Crippen LogP) is 4.71. The number of halogens is 1. The quantitative estimate of drug-likeness (QED) is 0.850. The molecule has 2 rings (SSSR count). The molecule has 106 valence electrons. The predicted molar refractivity (Wildman–Crippen MR) is 81.4 cm³/mol. The molecule has 1 N–H and O–H groups in total. The summed E-state index contributed by atoms with van der Waals surface area (Å²) in [6.07, 6.45) is 4.06. The molecule has 1 nitrogen and oxygen atoms in total. The Balaban J connectivity index is 2.12. The zero-order valence-corrected chi connectivity index (χ0v) is 13.0. The van der Waals surface area contributed by atoms with Gasteiger partial charge in [-0.3, -0.25) is 0 Å². The molecule has 0 heterocycles. The van der Waals surface area contributed by atoms with Gasteiger partial charge < -0.3 is 5.11 Å².